The molecule has 2 aromatic rings. The summed E-state index contributed by atoms with van der Waals surface area (Å²) in [6.07, 6.45) is 1.28. The van der Waals surface area contributed by atoms with Crippen LogP contribution in [0.25, 0.3) is 10.9 Å². The Balaban J connectivity index is 2.47. The first-order valence-electron chi connectivity index (χ1n) is 4.94. The van der Waals surface area contributed by atoms with Crippen molar-refractivity contribution in [2.75, 3.05) is 0 Å². The summed E-state index contributed by atoms with van der Waals surface area (Å²) in [5.74, 6) is -0.937. The van der Waals surface area contributed by atoms with Crippen molar-refractivity contribution in [3.8, 4) is 0 Å². The predicted octanol–water partition coefficient (Wildman–Crippen LogP) is 1.63. The van der Waals surface area contributed by atoms with E-state index in [0.29, 0.717) is 10.9 Å². The van der Waals surface area contributed by atoms with E-state index in [9.17, 15) is 9.59 Å². The molecule has 0 bridgehead atoms. The Morgan fingerprint density at radius 3 is 2.94 bits per heavy atom. The number of carboxylic acids is 1. The lowest BCUT2D eigenvalue weighted by molar-refractivity contribution is -0.137. The smallest absolute Gasteiger partial charge is 0.305 e. The van der Waals surface area contributed by atoms with Gasteiger partial charge in [-0.3, -0.25) is 14.2 Å². The average molecular weight is 297 g/mol. The number of hydrogen-bond donors (Lipinski definition) is 1. The quantitative estimate of drug-likeness (QED) is 0.934. The molecule has 0 aliphatic heterocycles. The number of fused-ring (bicyclic) bond motifs is 1. The molecule has 5 nitrogen and oxygen atoms in total. The molecule has 1 N–H and O–H groups in total. The van der Waals surface area contributed by atoms with Gasteiger partial charge in [-0.05, 0) is 18.2 Å². The van der Waals surface area contributed by atoms with Crippen LogP contribution in [-0.4, -0.2) is 20.6 Å². The van der Waals surface area contributed by atoms with E-state index in [-0.39, 0.29) is 18.5 Å². The van der Waals surface area contributed by atoms with E-state index in [0.717, 1.165) is 4.47 Å². The second-order valence-electron chi connectivity index (χ2n) is 3.55. The lowest BCUT2D eigenvalue weighted by Crippen LogP contribution is -2.21. The van der Waals surface area contributed by atoms with Gasteiger partial charge in [0, 0.05) is 11.0 Å². The highest BCUT2D eigenvalue weighted by molar-refractivity contribution is 9.10. The first-order chi connectivity index (χ1) is 8.08. The summed E-state index contributed by atoms with van der Waals surface area (Å²) in [6.45, 7) is 0.132. The molecular weight excluding hydrogens is 288 g/mol. The third-order valence-corrected chi connectivity index (χ3v) is 2.85. The second-order valence-corrected chi connectivity index (χ2v) is 4.46. The van der Waals surface area contributed by atoms with E-state index in [2.05, 4.69) is 20.9 Å². The Morgan fingerprint density at radius 1 is 1.47 bits per heavy atom. The van der Waals surface area contributed by atoms with E-state index < -0.39 is 5.97 Å². The van der Waals surface area contributed by atoms with E-state index in [1.165, 1.54) is 10.9 Å². The molecule has 1 aromatic heterocycles. The van der Waals surface area contributed by atoms with Crippen molar-refractivity contribution in [3.05, 3.63) is 39.4 Å². The Kier molecular flexibility index (Phi) is 3.23. The second kappa shape index (κ2) is 4.67. The summed E-state index contributed by atoms with van der Waals surface area (Å²) in [5.41, 5.74) is 0.375. The summed E-state index contributed by atoms with van der Waals surface area (Å²) in [4.78, 5) is 26.5. The molecule has 2 rings (SSSR count). The van der Waals surface area contributed by atoms with Gasteiger partial charge in [0.15, 0.2) is 0 Å². The fourth-order valence-corrected chi connectivity index (χ4v) is 1.86. The van der Waals surface area contributed by atoms with Gasteiger partial charge in [0.05, 0.1) is 23.7 Å². The maximum atomic E-state index is 12.0. The average Bonchev–Trinajstić information content (AvgIpc) is 2.27. The third-order valence-electron chi connectivity index (χ3n) is 2.35. The zero-order valence-electron chi connectivity index (χ0n) is 8.76. The van der Waals surface area contributed by atoms with Crippen molar-refractivity contribution in [1.29, 1.82) is 0 Å². The highest BCUT2D eigenvalue weighted by Gasteiger charge is 2.05. The highest BCUT2D eigenvalue weighted by atomic mass is 79.9. The number of nitrogens with zero attached hydrogens (tertiary/aromatic N) is 2. The van der Waals surface area contributed by atoms with E-state index >= 15 is 0 Å². The maximum Gasteiger partial charge on any atom is 0.305 e. The van der Waals surface area contributed by atoms with Crippen molar-refractivity contribution < 1.29 is 9.90 Å². The lowest BCUT2D eigenvalue weighted by atomic mass is 10.2. The van der Waals surface area contributed by atoms with Crippen LogP contribution in [0.1, 0.15) is 6.42 Å². The summed E-state index contributed by atoms with van der Waals surface area (Å²) in [7, 11) is 0. The molecule has 1 heterocycles. The van der Waals surface area contributed by atoms with Crippen molar-refractivity contribution >= 4 is 32.8 Å². The monoisotopic (exact) mass is 296 g/mol. The molecule has 6 heteroatoms. The maximum absolute atomic E-state index is 12.0. The number of aryl methyl sites for hydroxylation is 1. The van der Waals surface area contributed by atoms with Crippen LogP contribution < -0.4 is 5.56 Å². The molecule has 0 atom stereocenters. The Hall–Kier alpha value is -1.69. The molecule has 0 aliphatic rings. The number of halogens is 1. The van der Waals surface area contributed by atoms with Crippen LogP contribution in [0.15, 0.2) is 33.8 Å². The van der Waals surface area contributed by atoms with Gasteiger partial charge in [0.25, 0.3) is 5.56 Å². The first kappa shape index (κ1) is 11.8. The predicted molar refractivity (Wildman–Crippen MR) is 66.0 cm³/mol. The van der Waals surface area contributed by atoms with Gasteiger partial charge in [-0.1, -0.05) is 15.9 Å². The summed E-state index contributed by atoms with van der Waals surface area (Å²) in [6, 6.07) is 5.18. The van der Waals surface area contributed by atoms with Gasteiger partial charge >= 0.3 is 5.97 Å². The number of carboxylic acid groups (broad SMARTS) is 1. The van der Waals surface area contributed by atoms with Gasteiger partial charge in [-0.25, -0.2) is 4.98 Å². The molecule has 0 saturated carbocycles. The van der Waals surface area contributed by atoms with Crippen LogP contribution in [0.3, 0.4) is 0 Å². The zero-order chi connectivity index (χ0) is 12.4. The summed E-state index contributed by atoms with van der Waals surface area (Å²) in [5, 5.41) is 9.06. The van der Waals surface area contributed by atoms with Gasteiger partial charge in [0.2, 0.25) is 0 Å². The largest absolute Gasteiger partial charge is 0.481 e. The number of benzene rings is 1. The summed E-state index contributed by atoms with van der Waals surface area (Å²) >= 11 is 3.30. The van der Waals surface area contributed by atoms with Crippen LogP contribution >= 0.6 is 15.9 Å². The zero-order valence-corrected chi connectivity index (χ0v) is 10.3. The number of aliphatic carboxylic acids is 1. The standard InChI is InChI=1S/C11H9BrN2O3/c12-7-1-2-8-9(5-7)13-6-14(11(8)17)4-3-10(15)16/h1-2,5-6H,3-4H2,(H,15,16). The van der Waals surface area contributed by atoms with Gasteiger partial charge in [-0.2, -0.15) is 0 Å². The van der Waals surface area contributed by atoms with Gasteiger partial charge in [-0.15, -0.1) is 0 Å². The number of hydrogen-bond acceptors (Lipinski definition) is 3. The molecule has 0 radical (unpaired) electrons. The number of aromatic nitrogens is 2. The molecule has 1 aromatic carbocycles. The number of rotatable bonds is 3. The normalized spacial score (nSPS) is 10.6. The van der Waals surface area contributed by atoms with Crippen LogP contribution in [0.5, 0.6) is 0 Å². The molecule has 0 aliphatic carbocycles. The van der Waals surface area contributed by atoms with Crippen LogP contribution in [-0.2, 0) is 11.3 Å². The number of carbonyl (C=O) groups is 1. The minimum absolute atomic E-state index is 0.0936. The molecule has 0 saturated heterocycles. The lowest BCUT2D eigenvalue weighted by Gasteiger charge is -2.04. The van der Waals surface area contributed by atoms with Crippen LogP contribution in [0, 0.1) is 0 Å². The van der Waals surface area contributed by atoms with Gasteiger partial charge in [0.1, 0.15) is 0 Å². The van der Waals surface area contributed by atoms with E-state index in [1.807, 2.05) is 0 Å². The van der Waals surface area contributed by atoms with Crippen LogP contribution in [0.4, 0.5) is 0 Å². The minimum atomic E-state index is -0.937. The van der Waals surface area contributed by atoms with Crippen LogP contribution in [0.2, 0.25) is 0 Å². The van der Waals surface area contributed by atoms with Crippen molar-refractivity contribution in [3.63, 3.8) is 0 Å². The Morgan fingerprint density at radius 2 is 2.24 bits per heavy atom. The van der Waals surface area contributed by atoms with Gasteiger partial charge < -0.3 is 5.11 Å². The fraction of sp³-hybridized carbons (Fsp3) is 0.182. The highest BCUT2D eigenvalue weighted by Crippen LogP contribution is 2.14. The van der Waals surface area contributed by atoms with E-state index in [1.54, 1.807) is 18.2 Å². The molecular formula is C11H9BrN2O3. The molecule has 88 valence electrons. The van der Waals surface area contributed by atoms with Crippen molar-refractivity contribution in [2.45, 2.75) is 13.0 Å². The molecule has 0 amide bonds. The van der Waals surface area contributed by atoms with Crippen molar-refractivity contribution in [1.82, 2.24) is 9.55 Å². The molecule has 0 spiro atoms. The third kappa shape index (κ3) is 2.52. The Bertz CT molecular complexity index is 636. The minimum Gasteiger partial charge on any atom is -0.481 e. The van der Waals surface area contributed by atoms with E-state index in [4.69, 9.17) is 5.11 Å². The Labute approximate surface area is 105 Å². The first-order valence-corrected chi connectivity index (χ1v) is 5.74. The molecule has 17 heavy (non-hydrogen) atoms. The summed E-state index contributed by atoms with van der Waals surface area (Å²) < 4.78 is 2.16. The molecule has 0 fully saturated rings. The SMILES string of the molecule is O=C(O)CCn1cnc2cc(Br)ccc2c1=O. The fourth-order valence-electron chi connectivity index (χ4n) is 1.51. The topological polar surface area (TPSA) is 72.2 Å². The van der Waals surface area contributed by atoms with Crippen molar-refractivity contribution in [2.24, 2.45) is 0 Å². The molecule has 0 unspecified atom stereocenters.